The molecule has 3 rings (SSSR count). The van der Waals surface area contributed by atoms with E-state index in [4.69, 9.17) is 5.73 Å². The van der Waals surface area contributed by atoms with E-state index >= 15 is 0 Å². The van der Waals surface area contributed by atoms with Crippen LogP contribution in [0.5, 0.6) is 0 Å². The lowest BCUT2D eigenvalue weighted by Gasteiger charge is -2.25. The van der Waals surface area contributed by atoms with Gasteiger partial charge in [-0.05, 0) is 41.0 Å². The van der Waals surface area contributed by atoms with E-state index in [1.807, 2.05) is 27.2 Å². The SMILES string of the molecule is Nc1nc2cc(I)c(F)cc2n1CCC1CCC1. The molecule has 1 fully saturated rings. The molecule has 1 heterocycles. The van der Waals surface area contributed by atoms with Crippen molar-refractivity contribution < 1.29 is 4.39 Å². The van der Waals surface area contributed by atoms with Crippen LogP contribution in [0.15, 0.2) is 12.1 Å². The number of rotatable bonds is 3. The fourth-order valence-electron chi connectivity index (χ4n) is 2.47. The van der Waals surface area contributed by atoms with Gasteiger partial charge >= 0.3 is 0 Å². The Morgan fingerprint density at radius 3 is 2.89 bits per heavy atom. The molecule has 0 saturated heterocycles. The number of aromatic nitrogens is 2. The lowest BCUT2D eigenvalue weighted by Crippen LogP contribution is -2.14. The highest BCUT2D eigenvalue weighted by atomic mass is 127. The minimum absolute atomic E-state index is 0.201. The van der Waals surface area contributed by atoms with E-state index in [1.165, 1.54) is 19.3 Å². The van der Waals surface area contributed by atoms with Gasteiger partial charge < -0.3 is 10.3 Å². The molecule has 1 aliphatic rings. The van der Waals surface area contributed by atoms with Gasteiger partial charge in [-0.15, -0.1) is 0 Å². The van der Waals surface area contributed by atoms with E-state index in [1.54, 1.807) is 12.1 Å². The maximum atomic E-state index is 13.6. The zero-order valence-corrected chi connectivity index (χ0v) is 12.2. The van der Waals surface area contributed by atoms with E-state index in [9.17, 15) is 4.39 Å². The minimum atomic E-state index is -0.201. The molecule has 18 heavy (non-hydrogen) atoms. The van der Waals surface area contributed by atoms with Crippen molar-refractivity contribution in [3.63, 3.8) is 0 Å². The summed E-state index contributed by atoms with van der Waals surface area (Å²) >= 11 is 1.98. The van der Waals surface area contributed by atoms with Crippen molar-refractivity contribution in [1.29, 1.82) is 0 Å². The van der Waals surface area contributed by atoms with Gasteiger partial charge in [0.25, 0.3) is 0 Å². The van der Waals surface area contributed by atoms with Gasteiger partial charge in [0, 0.05) is 12.6 Å². The summed E-state index contributed by atoms with van der Waals surface area (Å²) in [4.78, 5) is 4.31. The Morgan fingerprint density at radius 1 is 1.44 bits per heavy atom. The van der Waals surface area contributed by atoms with E-state index in [-0.39, 0.29) is 5.82 Å². The first kappa shape index (κ1) is 12.2. The molecule has 3 nitrogen and oxygen atoms in total. The normalized spacial score (nSPS) is 16.1. The van der Waals surface area contributed by atoms with Crippen LogP contribution in [0.2, 0.25) is 0 Å². The fourth-order valence-corrected chi connectivity index (χ4v) is 2.92. The Morgan fingerprint density at radius 2 is 2.22 bits per heavy atom. The maximum absolute atomic E-state index is 13.6. The van der Waals surface area contributed by atoms with Crippen molar-refractivity contribution in [2.45, 2.75) is 32.2 Å². The molecule has 0 atom stereocenters. The molecule has 1 aliphatic carbocycles. The number of halogens is 2. The third-order valence-corrected chi connectivity index (χ3v) is 4.63. The van der Waals surface area contributed by atoms with Gasteiger partial charge in [-0.2, -0.15) is 0 Å². The number of hydrogen-bond donors (Lipinski definition) is 1. The second kappa shape index (κ2) is 4.68. The van der Waals surface area contributed by atoms with Crippen LogP contribution in [0, 0.1) is 15.3 Å². The number of nitrogens with zero attached hydrogens (tertiary/aromatic N) is 2. The summed E-state index contributed by atoms with van der Waals surface area (Å²) in [6.45, 7) is 0.840. The molecule has 1 saturated carbocycles. The van der Waals surface area contributed by atoms with E-state index in [0.717, 1.165) is 29.9 Å². The number of fused-ring (bicyclic) bond motifs is 1. The highest BCUT2D eigenvalue weighted by Gasteiger charge is 2.18. The summed E-state index contributed by atoms with van der Waals surface area (Å²) in [5.41, 5.74) is 7.52. The number of nitrogens with two attached hydrogens (primary N) is 1. The molecule has 2 aromatic rings. The summed E-state index contributed by atoms with van der Waals surface area (Å²) in [5, 5.41) is 0. The van der Waals surface area contributed by atoms with Crippen LogP contribution in [0.4, 0.5) is 10.3 Å². The standard InChI is InChI=1S/C13H15FIN3/c14-9-6-12-11(7-10(9)15)17-13(16)18(12)5-4-8-2-1-3-8/h6-8H,1-5H2,(H2,16,17). The van der Waals surface area contributed by atoms with Crippen molar-refractivity contribution in [2.75, 3.05) is 5.73 Å². The van der Waals surface area contributed by atoms with Gasteiger partial charge in [0.15, 0.2) is 0 Å². The van der Waals surface area contributed by atoms with Gasteiger partial charge in [0.1, 0.15) is 5.82 Å². The smallest absolute Gasteiger partial charge is 0.201 e. The lowest BCUT2D eigenvalue weighted by atomic mass is 9.83. The average Bonchev–Trinajstić information content (AvgIpc) is 2.54. The van der Waals surface area contributed by atoms with Crippen LogP contribution in [-0.4, -0.2) is 9.55 Å². The first-order valence-electron chi connectivity index (χ1n) is 6.26. The van der Waals surface area contributed by atoms with Crippen LogP contribution in [0.1, 0.15) is 25.7 Å². The van der Waals surface area contributed by atoms with Gasteiger partial charge in [-0.3, -0.25) is 0 Å². The number of anilines is 1. The zero-order valence-electron chi connectivity index (χ0n) is 10.00. The lowest BCUT2D eigenvalue weighted by molar-refractivity contribution is 0.284. The minimum Gasteiger partial charge on any atom is -0.369 e. The third kappa shape index (κ3) is 2.08. The van der Waals surface area contributed by atoms with E-state index in [2.05, 4.69) is 4.98 Å². The van der Waals surface area contributed by atoms with Crippen molar-refractivity contribution in [3.8, 4) is 0 Å². The van der Waals surface area contributed by atoms with Crippen LogP contribution in [0.3, 0.4) is 0 Å². The Bertz CT molecular complexity index is 589. The van der Waals surface area contributed by atoms with Gasteiger partial charge in [0.2, 0.25) is 5.95 Å². The fraction of sp³-hybridized carbons (Fsp3) is 0.462. The molecular formula is C13H15FIN3. The summed E-state index contributed by atoms with van der Waals surface area (Å²) in [5.74, 6) is 1.11. The average molecular weight is 359 g/mol. The van der Waals surface area contributed by atoms with E-state index < -0.39 is 0 Å². The molecule has 1 aromatic carbocycles. The predicted molar refractivity (Wildman–Crippen MR) is 78.8 cm³/mol. The molecule has 0 radical (unpaired) electrons. The van der Waals surface area contributed by atoms with Crippen molar-refractivity contribution in [3.05, 3.63) is 21.5 Å². The van der Waals surface area contributed by atoms with Crippen LogP contribution >= 0.6 is 22.6 Å². The molecule has 5 heteroatoms. The second-order valence-corrected chi connectivity index (χ2v) is 6.12. The molecule has 0 amide bonds. The molecule has 0 aliphatic heterocycles. The number of benzene rings is 1. The van der Waals surface area contributed by atoms with Crippen LogP contribution in [0.25, 0.3) is 11.0 Å². The number of nitrogen functional groups attached to an aromatic ring is 1. The monoisotopic (exact) mass is 359 g/mol. The molecule has 96 valence electrons. The Kier molecular flexibility index (Phi) is 3.17. The Labute approximate surface area is 119 Å². The molecule has 0 unspecified atom stereocenters. The van der Waals surface area contributed by atoms with Gasteiger partial charge in [-0.25, -0.2) is 9.37 Å². The molecule has 0 bridgehead atoms. The first-order valence-corrected chi connectivity index (χ1v) is 7.34. The first-order chi connectivity index (χ1) is 8.65. The van der Waals surface area contributed by atoms with Crippen molar-refractivity contribution in [1.82, 2.24) is 9.55 Å². The molecule has 0 spiro atoms. The topological polar surface area (TPSA) is 43.8 Å². The summed E-state index contributed by atoms with van der Waals surface area (Å²) in [6.07, 6.45) is 5.10. The Balaban J connectivity index is 1.93. The highest BCUT2D eigenvalue weighted by Crippen LogP contribution is 2.31. The maximum Gasteiger partial charge on any atom is 0.201 e. The van der Waals surface area contributed by atoms with E-state index in [0.29, 0.717) is 9.52 Å². The van der Waals surface area contributed by atoms with Crippen LogP contribution in [-0.2, 0) is 6.54 Å². The predicted octanol–water partition coefficient (Wildman–Crippen LogP) is 3.55. The third-order valence-electron chi connectivity index (χ3n) is 3.81. The van der Waals surface area contributed by atoms with Gasteiger partial charge in [0.05, 0.1) is 14.6 Å². The number of aryl methyl sites for hydroxylation is 1. The summed E-state index contributed by atoms with van der Waals surface area (Å²) in [6, 6.07) is 3.29. The highest BCUT2D eigenvalue weighted by molar-refractivity contribution is 14.1. The zero-order chi connectivity index (χ0) is 12.7. The quantitative estimate of drug-likeness (QED) is 0.852. The van der Waals surface area contributed by atoms with Crippen LogP contribution < -0.4 is 5.73 Å². The second-order valence-electron chi connectivity index (χ2n) is 4.96. The largest absolute Gasteiger partial charge is 0.369 e. The number of hydrogen-bond acceptors (Lipinski definition) is 2. The summed E-state index contributed by atoms with van der Waals surface area (Å²) < 4.78 is 16.1. The number of imidazole rings is 1. The molecule has 1 aromatic heterocycles. The summed E-state index contributed by atoms with van der Waals surface area (Å²) in [7, 11) is 0. The van der Waals surface area contributed by atoms with Crippen molar-refractivity contribution in [2.24, 2.45) is 5.92 Å². The molecular weight excluding hydrogens is 344 g/mol. The van der Waals surface area contributed by atoms with Gasteiger partial charge in [-0.1, -0.05) is 19.3 Å². The Hall–Kier alpha value is -0.850. The van der Waals surface area contributed by atoms with Crippen molar-refractivity contribution >= 4 is 39.6 Å². The molecule has 2 N–H and O–H groups in total.